The molecule has 5 heteroatoms. The first-order valence-corrected chi connectivity index (χ1v) is 6.73. The molecule has 0 unspecified atom stereocenters. The fourth-order valence-electron chi connectivity index (χ4n) is 2.80. The van der Waals surface area contributed by atoms with Gasteiger partial charge in [-0.2, -0.15) is 5.10 Å². The summed E-state index contributed by atoms with van der Waals surface area (Å²) in [6.45, 7) is 7.16. The fourth-order valence-corrected chi connectivity index (χ4v) is 2.80. The van der Waals surface area contributed by atoms with E-state index >= 15 is 0 Å². The Hall–Kier alpha value is -1.75. The smallest absolute Gasteiger partial charge is 0.125 e. The van der Waals surface area contributed by atoms with Crippen molar-refractivity contribution in [3.05, 3.63) is 41.2 Å². The maximum Gasteiger partial charge on any atom is 0.125 e. The number of aromatic amines is 1. The van der Waals surface area contributed by atoms with Gasteiger partial charge in [0.05, 0.1) is 11.9 Å². The molecular weight excluding hydrogens is 238 g/mol. The summed E-state index contributed by atoms with van der Waals surface area (Å²) in [5.74, 6) is 1.42. The highest BCUT2D eigenvalue weighted by molar-refractivity contribution is 5.20. The summed E-state index contributed by atoms with van der Waals surface area (Å²) in [4.78, 5) is 11.1. The Kier molecular flexibility index (Phi) is 3.29. The molecule has 1 aliphatic heterocycles. The van der Waals surface area contributed by atoms with Gasteiger partial charge in [-0.25, -0.2) is 9.97 Å². The van der Waals surface area contributed by atoms with Crippen LogP contribution >= 0.6 is 0 Å². The van der Waals surface area contributed by atoms with Gasteiger partial charge in [0.1, 0.15) is 5.82 Å². The van der Waals surface area contributed by atoms with Gasteiger partial charge in [-0.3, -0.25) is 10.00 Å². The second-order valence-corrected chi connectivity index (χ2v) is 5.28. The van der Waals surface area contributed by atoms with E-state index in [1.807, 2.05) is 25.4 Å². The first-order chi connectivity index (χ1) is 9.22. The molecule has 1 N–H and O–H groups in total. The molecule has 0 aliphatic carbocycles. The Balaban J connectivity index is 1.65. The van der Waals surface area contributed by atoms with Gasteiger partial charge >= 0.3 is 0 Å². The minimum atomic E-state index is 0.574. The summed E-state index contributed by atoms with van der Waals surface area (Å²) in [5.41, 5.74) is 3.67. The molecule has 100 valence electrons. The van der Waals surface area contributed by atoms with Crippen LogP contribution in [0.5, 0.6) is 0 Å². The molecule has 0 amide bonds. The van der Waals surface area contributed by atoms with Crippen molar-refractivity contribution in [1.82, 2.24) is 25.1 Å². The minimum absolute atomic E-state index is 0.574. The van der Waals surface area contributed by atoms with Crippen molar-refractivity contribution >= 4 is 0 Å². The molecule has 3 heterocycles. The lowest BCUT2D eigenvalue weighted by Crippen LogP contribution is -2.20. The van der Waals surface area contributed by atoms with E-state index in [9.17, 15) is 0 Å². The van der Waals surface area contributed by atoms with Crippen molar-refractivity contribution in [3.63, 3.8) is 0 Å². The van der Waals surface area contributed by atoms with Crippen LogP contribution < -0.4 is 0 Å². The van der Waals surface area contributed by atoms with Crippen molar-refractivity contribution < 1.29 is 0 Å². The molecule has 3 rings (SSSR count). The number of hydrogen-bond donors (Lipinski definition) is 1. The van der Waals surface area contributed by atoms with Gasteiger partial charge < -0.3 is 0 Å². The molecule has 1 atom stereocenters. The third-order valence-electron chi connectivity index (χ3n) is 3.77. The Morgan fingerprint density at radius 2 is 2.32 bits per heavy atom. The van der Waals surface area contributed by atoms with Gasteiger partial charge in [0.2, 0.25) is 0 Å². The normalized spacial score (nSPS) is 20.0. The van der Waals surface area contributed by atoms with E-state index < -0.39 is 0 Å². The Morgan fingerprint density at radius 3 is 3.05 bits per heavy atom. The number of nitrogens with zero attached hydrogens (tertiary/aromatic N) is 4. The van der Waals surface area contributed by atoms with Crippen molar-refractivity contribution in [2.75, 3.05) is 13.1 Å². The second kappa shape index (κ2) is 5.09. The summed E-state index contributed by atoms with van der Waals surface area (Å²) < 4.78 is 0. The Morgan fingerprint density at radius 1 is 1.42 bits per heavy atom. The first-order valence-electron chi connectivity index (χ1n) is 6.73. The topological polar surface area (TPSA) is 57.7 Å². The highest BCUT2D eigenvalue weighted by Crippen LogP contribution is 2.28. The minimum Gasteiger partial charge on any atom is -0.297 e. The lowest BCUT2D eigenvalue weighted by molar-refractivity contribution is 0.321. The van der Waals surface area contributed by atoms with Gasteiger partial charge in [-0.15, -0.1) is 0 Å². The zero-order valence-corrected chi connectivity index (χ0v) is 11.4. The third-order valence-corrected chi connectivity index (χ3v) is 3.77. The predicted octanol–water partition coefficient (Wildman–Crippen LogP) is 1.81. The highest BCUT2D eigenvalue weighted by Gasteiger charge is 2.26. The van der Waals surface area contributed by atoms with Crippen LogP contribution in [0, 0.1) is 13.8 Å². The van der Waals surface area contributed by atoms with Crippen molar-refractivity contribution in [2.45, 2.75) is 32.7 Å². The van der Waals surface area contributed by atoms with Crippen LogP contribution in [0.1, 0.15) is 35.1 Å². The van der Waals surface area contributed by atoms with Crippen molar-refractivity contribution in [1.29, 1.82) is 0 Å². The number of likely N-dealkylation sites (tertiary alicyclic amines) is 1. The van der Waals surface area contributed by atoms with E-state index in [-0.39, 0.29) is 0 Å². The first kappa shape index (κ1) is 12.3. The van der Waals surface area contributed by atoms with Gasteiger partial charge in [0.25, 0.3) is 0 Å². The summed E-state index contributed by atoms with van der Waals surface area (Å²) >= 11 is 0. The van der Waals surface area contributed by atoms with E-state index in [0.717, 1.165) is 31.2 Å². The van der Waals surface area contributed by atoms with Gasteiger partial charge in [0, 0.05) is 30.9 Å². The molecule has 1 saturated heterocycles. The zero-order valence-electron chi connectivity index (χ0n) is 11.4. The molecular formula is C14H19N5. The number of aromatic nitrogens is 4. The maximum absolute atomic E-state index is 4.47. The van der Waals surface area contributed by atoms with E-state index in [4.69, 9.17) is 0 Å². The average molecular weight is 257 g/mol. The summed E-state index contributed by atoms with van der Waals surface area (Å²) in [6.07, 6.45) is 4.93. The molecule has 5 nitrogen and oxygen atoms in total. The fraction of sp³-hybridized carbons (Fsp3) is 0.500. The van der Waals surface area contributed by atoms with Crippen LogP contribution in [-0.4, -0.2) is 38.2 Å². The maximum atomic E-state index is 4.47. The van der Waals surface area contributed by atoms with Gasteiger partial charge in [-0.1, -0.05) is 0 Å². The van der Waals surface area contributed by atoms with Crippen LogP contribution in [0.3, 0.4) is 0 Å². The van der Waals surface area contributed by atoms with Crippen LogP contribution in [-0.2, 0) is 6.54 Å². The SMILES string of the molecule is Cc1nccc(CN2CC[C@H](c3[nH]ncc3C)C2)n1. The second-order valence-electron chi connectivity index (χ2n) is 5.28. The van der Waals surface area contributed by atoms with E-state index in [1.165, 1.54) is 17.7 Å². The zero-order chi connectivity index (χ0) is 13.2. The molecule has 2 aromatic heterocycles. The standard InChI is InChI=1S/C14H19N5/c1-10-7-16-18-14(10)12-4-6-19(8-12)9-13-3-5-15-11(2)17-13/h3,5,7,12H,4,6,8-9H2,1-2H3,(H,16,18)/t12-/m0/s1. The number of aryl methyl sites for hydroxylation is 2. The van der Waals surface area contributed by atoms with Crippen molar-refractivity contribution in [3.8, 4) is 0 Å². The van der Waals surface area contributed by atoms with Crippen LogP contribution in [0.15, 0.2) is 18.5 Å². The summed E-state index contributed by atoms with van der Waals surface area (Å²) in [6, 6.07) is 2.00. The molecule has 1 fully saturated rings. The number of H-pyrrole nitrogens is 1. The summed E-state index contributed by atoms with van der Waals surface area (Å²) in [7, 11) is 0. The third kappa shape index (κ3) is 2.66. The highest BCUT2D eigenvalue weighted by atomic mass is 15.2. The molecule has 1 aliphatic rings. The van der Waals surface area contributed by atoms with Crippen LogP contribution in [0.4, 0.5) is 0 Å². The lowest BCUT2D eigenvalue weighted by Gasteiger charge is -2.15. The lowest BCUT2D eigenvalue weighted by atomic mass is 10.0. The molecule has 0 aromatic carbocycles. The monoisotopic (exact) mass is 257 g/mol. The number of nitrogens with one attached hydrogen (secondary N) is 1. The predicted molar refractivity (Wildman–Crippen MR) is 72.7 cm³/mol. The largest absolute Gasteiger partial charge is 0.297 e. The van der Waals surface area contributed by atoms with E-state index in [1.54, 1.807) is 0 Å². The average Bonchev–Trinajstić information content (AvgIpc) is 2.98. The van der Waals surface area contributed by atoms with Crippen molar-refractivity contribution in [2.24, 2.45) is 0 Å². The molecule has 0 radical (unpaired) electrons. The molecule has 0 spiro atoms. The van der Waals surface area contributed by atoms with Gasteiger partial charge in [-0.05, 0) is 38.4 Å². The van der Waals surface area contributed by atoms with E-state index in [0.29, 0.717) is 5.92 Å². The van der Waals surface area contributed by atoms with Crippen LogP contribution in [0.2, 0.25) is 0 Å². The van der Waals surface area contributed by atoms with Gasteiger partial charge in [0.15, 0.2) is 0 Å². The van der Waals surface area contributed by atoms with Crippen LogP contribution in [0.25, 0.3) is 0 Å². The Bertz CT molecular complexity index is 562. The quantitative estimate of drug-likeness (QED) is 0.911. The number of rotatable bonds is 3. The molecule has 19 heavy (non-hydrogen) atoms. The summed E-state index contributed by atoms with van der Waals surface area (Å²) in [5, 5.41) is 7.26. The molecule has 0 bridgehead atoms. The number of hydrogen-bond acceptors (Lipinski definition) is 4. The molecule has 0 saturated carbocycles. The van der Waals surface area contributed by atoms with E-state index in [2.05, 4.69) is 32.0 Å². The Labute approximate surface area is 113 Å². The molecule has 2 aromatic rings.